The monoisotopic (exact) mass is 363 g/mol. The summed E-state index contributed by atoms with van der Waals surface area (Å²) in [4.78, 5) is 19.5. The van der Waals surface area contributed by atoms with Crippen molar-refractivity contribution in [3.63, 3.8) is 0 Å². The first-order chi connectivity index (χ1) is 12.7. The number of likely N-dealkylation sites (tertiary alicyclic amines) is 1. The average Bonchev–Trinajstić information content (AvgIpc) is 3.12. The summed E-state index contributed by atoms with van der Waals surface area (Å²) < 4.78 is 11.0. The third-order valence-corrected chi connectivity index (χ3v) is 5.61. The maximum Gasteiger partial charge on any atom is 0.289 e. The van der Waals surface area contributed by atoms with Gasteiger partial charge in [0, 0.05) is 53.0 Å². The Labute approximate surface area is 157 Å². The van der Waals surface area contributed by atoms with Gasteiger partial charge in [0.15, 0.2) is 5.76 Å². The molecule has 0 radical (unpaired) electrons. The van der Waals surface area contributed by atoms with Crippen LogP contribution in [0.15, 0.2) is 16.5 Å². The fourth-order valence-corrected chi connectivity index (χ4v) is 3.96. The number of furan rings is 1. The van der Waals surface area contributed by atoms with Gasteiger partial charge in [0.2, 0.25) is 0 Å². The molecule has 0 spiro atoms. The molecule has 6 heteroatoms. The predicted molar refractivity (Wildman–Crippen MR) is 101 cm³/mol. The molecule has 1 unspecified atom stereocenters. The lowest BCUT2D eigenvalue weighted by molar-refractivity contribution is 0.0623. The minimum atomic E-state index is 0.0473. The Hall–Kier alpha value is -1.37. The first-order valence-corrected chi connectivity index (χ1v) is 9.93. The molecular weight excluding hydrogens is 330 g/mol. The molecular formula is C20H33N3O3. The van der Waals surface area contributed by atoms with Crippen LogP contribution in [-0.2, 0) is 11.3 Å². The molecule has 26 heavy (non-hydrogen) atoms. The number of carbonyl (C=O) groups is 1. The Morgan fingerprint density at radius 3 is 2.81 bits per heavy atom. The first-order valence-electron chi connectivity index (χ1n) is 9.93. The molecule has 1 atom stereocenters. The second-order valence-corrected chi connectivity index (χ2v) is 7.74. The van der Waals surface area contributed by atoms with E-state index in [9.17, 15) is 4.79 Å². The highest BCUT2D eigenvalue weighted by Crippen LogP contribution is 2.23. The van der Waals surface area contributed by atoms with E-state index in [-0.39, 0.29) is 5.91 Å². The van der Waals surface area contributed by atoms with Crippen molar-refractivity contribution in [1.82, 2.24) is 14.7 Å². The molecule has 2 aliphatic rings. The number of ether oxygens (including phenoxy) is 1. The fourth-order valence-electron chi connectivity index (χ4n) is 3.96. The minimum Gasteiger partial charge on any atom is -0.455 e. The SMILES string of the molecule is COCCCC1CCCN(C(=O)c2ccc(CN3CCN(C)CC3)o2)C1. The van der Waals surface area contributed by atoms with Crippen LogP contribution in [0.3, 0.4) is 0 Å². The molecule has 0 N–H and O–H groups in total. The van der Waals surface area contributed by atoms with E-state index in [1.54, 1.807) is 7.11 Å². The number of methoxy groups -OCH3 is 1. The number of likely N-dealkylation sites (N-methyl/N-ethyl adjacent to an activating group) is 1. The van der Waals surface area contributed by atoms with E-state index < -0.39 is 0 Å². The standard InChI is InChI=1S/C20H33N3O3/c1-21-10-12-22(13-11-21)16-18-7-8-19(26-18)20(24)23-9-3-5-17(15-23)6-4-14-25-2/h7-8,17H,3-6,9-16H2,1-2H3. The van der Waals surface area contributed by atoms with Crippen LogP contribution in [-0.4, -0.2) is 80.6 Å². The van der Waals surface area contributed by atoms with Crippen molar-refractivity contribution < 1.29 is 13.9 Å². The van der Waals surface area contributed by atoms with Gasteiger partial charge in [-0.1, -0.05) is 0 Å². The Morgan fingerprint density at radius 2 is 2.04 bits per heavy atom. The lowest BCUT2D eigenvalue weighted by atomic mass is 9.93. The van der Waals surface area contributed by atoms with Crippen LogP contribution in [0.5, 0.6) is 0 Å². The van der Waals surface area contributed by atoms with Gasteiger partial charge in [-0.3, -0.25) is 9.69 Å². The van der Waals surface area contributed by atoms with Crippen molar-refractivity contribution in [2.24, 2.45) is 5.92 Å². The van der Waals surface area contributed by atoms with Crippen LogP contribution < -0.4 is 0 Å². The van der Waals surface area contributed by atoms with Gasteiger partial charge in [-0.15, -0.1) is 0 Å². The average molecular weight is 364 g/mol. The highest BCUT2D eigenvalue weighted by atomic mass is 16.5. The van der Waals surface area contributed by atoms with E-state index in [0.717, 1.165) is 77.4 Å². The number of nitrogens with zero attached hydrogens (tertiary/aromatic N) is 3. The van der Waals surface area contributed by atoms with Crippen LogP contribution in [0.2, 0.25) is 0 Å². The van der Waals surface area contributed by atoms with Gasteiger partial charge in [-0.2, -0.15) is 0 Å². The van der Waals surface area contributed by atoms with Gasteiger partial charge in [0.05, 0.1) is 6.54 Å². The number of rotatable bonds is 7. The molecule has 2 fully saturated rings. The summed E-state index contributed by atoms with van der Waals surface area (Å²) >= 11 is 0. The molecule has 1 aromatic rings. The van der Waals surface area contributed by atoms with E-state index in [1.807, 2.05) is 17.0 Å². The Balaban J connectivity index is 1.50. The van der Waals surface area contributed by atoms with Gasteiger partial charge in [0.1, 0.15) is 5.76 Å². The third-order valence-electron chi connectivity index (χ3n) is 5.61. The second kappa shape index (κ2) is 9.53. The summed E-state index contributed by atoms with van der Waals surface area (Å²) in [6.07, 6.45) is 4.49. The van der Waals surface area contributed by atoms with E-state index >= 15 is 0 Å². The Kier molecular flexibility index (Phi) is 7.11. The van der Waals surface area contributed by atoms with Crippen molar-refractivity contribution in [1.29, 1.82) is 0 Å². The molecule has 3 heterocycles. The zero-order chi connectivity index (χ0) is 18.4. The van der Waals surface area contributed by atoms with Crippen LogP contribution in [0.1, 0.15) is 42.0 Å². The highest BCUT2D eigenvalue weighted by molar-refractivity contribution is 5.91. The van der Waals surface area contributed by atoms with Crippen molar-refractivity contribution in [2.75, 3.05) is 60.0 Å². The first kappa shape index (κ1) is 19.4. The third kappa shape index (κ3) is 5.32. The molecule has 1 amide bonds. The van der Waals surface area contributed by atoms with E-state index in [0.29, 0.717) is 11.7 Å². The number of piperazine rings is 1. The molecule has 6 nitrogen and oxygen atoms in total. The lowest BCUT2D eigenvalue weighted by Gasteiger charge is -2.32. The number of carbonyl (C=O) groups excluding carboxylic acids is 1. The molecule has 1 aromatic heterocycles. The molecule has 3 rings (SSSR count). The molecule has 0 bridgehead atoms. The van der Waals surface area contributed by atoms with Gasteiger partial charge < -0.3 is 19.0 Å². The van der Waals surface area contributed by atoms with Crippen molar-refractivity contribution in [2.45, 2.75) is 32.2 Å². The van der Waals surface area contributed by atoms with E-state index in [4.69, 9.17) is 9.15 Å². The normalized spacial score (nSPS) is 22.7. The summed E-state index contributed by atoms with van der Waals surface area (Å²) in [7, 11) is 3.90. The van der Waals surface area contributed by atoms with Crippen molar-refractivity contribution >= 4 is 5.91 Å². The van der Waals surface area contributed by atoms with Gasteiger partial charge in [0.25, 0.3) is 5.91 Å². The van der Waals surface area contributed by atoms with Gasteiger partial charge in [-0.25, -0.2) is 0 Å². The number of piperidine rings is 1. The molecule has 146 valence electrons. The van der Waals surface area contributed by atoms with Crippen LogP contribution >= 0.6 is 0 Å². The summed E-state index contributed by atoms with van der Waals surface area (Å²) in [5, 5.41) is 0. The van der Waals surface area contributed by atoms with Crippen LogP contribution in [0, 0.1) is 5.92 Å². The molecule has 0 saturated carbocycles. The topological polar surface area (TPSA) is 49.2 Å². The minimum absolute atomic E-state index is 0.0473. The van der Waals surface area contributed by atoms with E-state index in [1.165, 1.54) is 6.42 Å². The van der Waals surface area contributed by atoms with Crippen LogP contribution in [0.25, 0.3) is 0 Å². The largest absolute Gasteiger partial charge is 0.455 e. The summed E-state index contributed by atoms with van der Waals surface area (Å²) in [6.45, 7) is 7.56. The molecule has 0 aromatic carbocycles. The van der Waals surface area contributed by atoms with Gasteiger partial charge >= 0.3 is 0 Å². The molecule has 0 aliphatic carbocycles. The molecule has 2 aliphatic heterocycles. The predicted octanol–water partition coefficient (Wildman–Crippen LogP) is 2.31. The highest BCUT2D eigenvalue weighted by Gasteiger charge is 2.26. The summed E-state index contributed by atoms with van der Waals surface area (Å²) in [5.41, 5.74) is 0. The molecule has 2 saturated heterocycles. The smallest absolute Gasteiger partial charge is 0.289 e. The zero-order valence-electron chi connectivity index (χ0n) is 16.3. The summed E-state index contributed by atoms with van der Waals surface area (Å²) in [6, 6.07) is 3.81. The number of hydrogen-bond donors (Lipinski definition) is 0. The number of hydrogen-bond acceptors (Lipinski definition) is 5. The van der Waals surface area contributed by atoms with Crippen molar-refractivity contribution in [3.8, 4) is 0 Å². The maximum absolute atomic E-state index is 12.8. The van der Waals surface area contributed by atoms with Crippen molar-refractivity contribution in [3.05, 3.63) is 23.7 Å². The number of amides is 1. The maximum atomic E-state index is 12.8. The Morgan fingerprint density at radius 1 is 1.23 bits per heavy atom. The quantitative estimate of drug-likeness (QED) is 0.696. The Bertz CT molecular complexity index is 566. The zero-order valence-corrected chi connectivity index (χ0v) is 16.3. The van der Waals surface area contributed by atoms with E-state index in [2.05, 4.69) is 16.8 Å². The van der Waals surface area contributed by atoms with Gasteiger partial charge in [-0.05, 0) is 50.8 Å². The lowest BCUT2D eigenvalue weighted by Crippen LogP contribution is -2.43. The summed E-state index contributed by atoms with van der Waals surface area (Å²) in [5.74, 6) is 2.02. The fraction of sp³-hybridized carbons (Fsp3) is 0.750. The second-order valence-electron chi connectivity index (χ2n) is 7.74. The van der Waals surface area contributed by atoms with Crippen LogP contribution in [0.4, 0.5) is 0 Å².